The first-order valence-corrected chi connectivity index (χ1v) is 8.25. The predicted molar refractivity (Wildman–Crippen MR) is 92.5 cm³/mol. The number of fused-ring (bicyclic) bond motifs is 1. The molecule has 1 aromatic carbocycles. The lowest BCUT2D eigenvalue weighted by Gasteiger charge is -2.17. The summed E-state index contributed by atoms with van der Waals surface area (Å²) >= 11 is 0. The number of pyridine rings is 1. The van der Waals surface area contributed by atoms with E-state index in [1.54, 1.807) is 12.3 Å². The fraction of sp³-hybridized carbons (Fsp3) is 0.211. The van der Waals surface area contributed by atoms with Crippen LogP contribution in [0.4, 0.5) is 19.0 Å². The molecule has 1 aliphatic heterocycles. The van der Waals surface area contributed by atoms with Gasteiger partial charge in [-0.1, -0.05) is 18.2 Å². The van der Waals surface area contributed by atoms with Crippen molar-refractivity contribution in [3.63, 3.8) is 0 Å². The molecule has 0 saturated carbocycles. The van der Waals surface area contributed by atoms with E-state index in [1.165, 1.54) is 17.7 Å². The van der Waals surface area contributed by atoms with Gasteiger partial charge in [0.15, 0.2) is 5.82 Å². The number of aryl methyl sites for hydroxylation is 1. The summed E-state index contributed by atoms with van der Waals surface area (Å²) in [5.74, 6) is 1.29. The largest absolute Gasteiger partial charge is 0.416 e. The van der Waals surface area contributed by atoms with Crippen LogP contribution in [-0.4, -0.2) is 21.5 Å². The van der Waals surface area contributed by atoms with Crippen molar-refractivity contribution in [3.05, 3.63) is 59.8 Å². The highest BCUT2D eigenvalue weighted by Gasteiger charge is 2.30. The molecule has 1 aliphatic rings. The molecule has 0 atom stereocenters. The minimum atomic E-state index is -4.35. The number of rotatable bonds is 2. The van der Waals surface area contributed by atoms with Crippen LogP contribution in [0.5, 0.6) is 0 Å². The summed E-state index contributed by atoms with van der Waals surface area (Å²) in [6.45, 7) is 0.885. The molecule has 132 valence electrons. The van der Waals surface area contributed by atoms with Gasteiger partial charge in [0.2, 0.25) is 0 Å². The summed E-state index contributed by atoms with van der Waals surface area (Å²) in [5.41, 5.74) is 2.26. The van der Waals surface area contributed by atoms with Crippen LogP contribution >= 0.6 is 0 Å². The van der Waals surface area contributed by atoms with Gasteiger partial charge in [-0.3, -0.25) is 0 Å². The topological polar surface area (TPSA) is 50.7 Å². The van der Waals surface area contributed by atoms with Crippen LogP contribution < -0.4 is 5.32 Å². The van der Waals surface area contributed by atoms with Crippen molar-refractivity contribution in [1.82, 2.24) is 15.0 Å². The molecular weight excluding hydrogens is 341 g/mol. The van der Waals surface area contributed by atoms with E-state index >= 15 is 0 Å². The number of hydrogen-bond donors (Lipinski definition) is 1. The maximum Gasteiger partial charge on any atom is 0.416 e. The number of halogens is 3. The van der Waals surface area contributed by atoms with Crippen molar-refractivity contribution in [2.75, 3.05) is 11.9 Å². The first kappa shape index (κ1) is 16.5. The Morgan fingerprint density at radius 2 is 1.69 bits per heavy atom. The summed E-state index contributed by atoms with van der Waals surface area (Å²) in [6.07, 6.45) is -0.699. The Hall–Kier alpha value is -2.96. The zero-order valence-corrected chi connectivity index (χ0v) is 13.7. The SMILES string of the molecule is FC(F)(F)c1ccc(-c2ccnc(-c3ccc4c(n3)NCCC4)n2)cc1. The van der Waals surface area contributed by atoms with Crippen molar-refractivity contribution in [3.8, 4) is 22.8 Å². The second kappa shape index (κ2) is 6.40. The van der Waals surface area contributed by atoms with Crippen LogP contribution in [0.15, 0.2) is 48.7 Å². The van der Waals surface area contributed by atoms with Crippen molar-refractivity contribution in [2.45, 2.75) is 19.0 Å². The summed E-state index contributed by atoms with van der Waals surface area (Å²) in [7, 11) is 0. The van der Waals surface area contributed by atoms with E-state index in [0.717, 1.165) is 37.3 Å². The fourth-order valence-corrected chi connectivity index (χ4v) is 2.93. The average molecular weight is 356 g/mol. The normalized spacial score (nSPS) is 13.8. The minimum Gasteiger partial charge on any atom is -0.370 e. The molecule has 0 aliphatic carbocycles. The Bertz CT molecular complexity index is 936. The van der Waals surface area contributed by atoms with Crippen LogP contribution in [0.25, 0.3) is 22.8 Å². The van der Waals surface area contributed by atoms with Gasteiger partial charge in [-0.2, -0.15) is 13.2 Å². The maximum atomic E-state index is 12.7. The zero-order valence-electron chi connectivity index (χ0n) is 13.7. The second-order valence-corrected chi connectivity index (χ2v) is 6.08. The monoisotopic (exact) mass is 356 g/mol. The van der Waals surface area contributed by atoms with Gasteiger partial charge in [0.1, 0.15) is 11.5 Å². The molecule has 3 aromatic rings. The molecule has 0 amide bonds. The van der Waals surface area contributed by atoms with Crippen molar-refractivity contribution in [1.29, 1.82) is 0 Å². The zero-order chi connectivity index (χ0) is 18.1. The number of nitrogens with zero attached hydrogens (tertiary/aromatic N) is 3. The molecule has 3 heterocycles. The van der Waals surface area contributed by atoms with E-state index in [-0.39, 0.29) is 0 Å². The van der Waals surface area contributed by atoms with Gasteiger partial charge in [-0.05, 0) is 42.7 Å². The minimum absolute atomic E-state index is 0.442. The predicted octanol–water partition coefficient (Wildman–Crippen LogP) is 4.58. The smallest absolute Gasteiger partial charge is 0.370 e. The van der Waals surface area contributed by atoms with E-state index < -0.39 is 11.7 Å². The highest BCUT2D eigenvalue weighted by molar-refractivity contribution is 5.63. The highest BCUT2D eigenvalue weighted by Crippen LogP contribution is 2.31. The number of hydrogen-bond acceptors (Lipinski definition) is 4. The second-order valence-electron chi connectivity index (χ2n) is 6.08. The first-order chi connectivity index (χ1) is 12.5. The average Bonchev–Trinajstić information content (AvgIpc) is 2.67. The Morgan fingerprint density at radius 1 is 0.885 bits per heavy atom. The molecule has 4 nitrogen and oxygen atoms in total. The van der Waals surface area contributed by atoms with Crippen molar-refractivity contribution < 1.29 is 13.2 Å². The van der Waals surface area contributed by atoms with E-state index in [9.17, 15) is 13.2 Å². The molecule has 0 fully saturated rings. The van der Waals surface area contributed by atoms with Gasteiger partial charge >= 0.3 is 6.18 Å². The fourth-order valence-electron chi connectivity index (χ4n) is 2.93. The van der Waals surface area contributed by atoms with Gasteiger partial charge < -0.3 is 5.32 Å². The van der Waals surface area contributed by atoms with Gasteiger partial charge in [-0.15, -0.1) is 0 Å². The molecule has 0 radical (unpaired) electrons. The summed E-state index contributed by atoms with van der Waals surface area (Å²) in [4.78, 5) is 13.3. The summed E-state index contributed by atoms with van der Waals surface area (Å²) in [5, 5.41) is 3.27. The van der Waals surface area contributed by atoms with E-state index in [2.05, 4.69) is 20.3 Å². The van der Waals surface area contributed by atoms with Gasteiger partial charge in [0, 0.05) is 18.3 Å². The number of benzene rings is 1. The Morgan fingerprint density at radius 3 is 2.46 bits per heavy atom. The van der Waals surface area contributed by atoms with E-state index in [4.69, 9.17) is 0 Å². The number of anilines is 1. The molecular formula is C19H15F3N4. The third-order valence-electron chi connectivity index (χ3n) is 4.29. The lowest BCUT2D eigenvalue weighted by molar-refractivity contribution is -0.137. The quantitative estimate of drug-likeness (QED) is 0.730. The van der Waals surface area contributed by atoms with Crippen molar-refractivity contribution >= 4 is 5.82 Å². The molecule has 0 saturated heterocycles. The number of aromatic nitrogens is 3. The van der Waals surface area contributed by atoms with E-state index in [1.807, 2.05) is 12.1 Å². The van der Waals surface area contributed by atoms with Crippen LogP contribution in [0.3, 0.4) is 0 Å². The molecule has 7 heteroatoms. The molecule has 4 rings (SSSR count). The molecule has 0 unspecified atom stereocenters. The lowest BCUT2D eigenvalue weighted by atomic mass is 10.1. The molecule has 1 N–H and O–H groups in total. The highest BCUT2D eigenvalue weighted by atomic mass is 19.4. The number of nitrogens with one attached hydrogen (secondary N) is 1. The van der Waals surface area contributed by atoms with Gasteiger partial charge in [0.25, 0.3) is 0 Å². The van der Waals surface area contributed by atoms with Crippen LogP contribution in [-0.2, 0) is 12.6 Å². The van der Waals surface area contributed by atoms with Gasteiger partial charge in [0.05, 0.1) is 11.3 Å². The third kappa shape index (κ3) is 3.24. The molecule has 26 heavy (non-hydrogen) atoms. The molecule has 2 aromatic heterocycles. The standard InChI is InChI=1S/C19H15F3N4/c20-19(21,22)14-6-3-12(4-7-14)15-9-11-24-18(25-15)16-8-5-13-2-1-10-23-17(13)26-16/h3-9,11H,1-2,10H2,(H,23,26). The Labute approximate surface area is 148 Å². The maximum absolute atomic E-state index is 12.7. The Balaban J connectivity index is 1.67. The summed E-state index contributed by atoms with van der Waals surface area (Å²) in [6, 6.07) is 10.5. The Kier molecular flexibility index (Phi) is 4.06. The van der Waals surface area contributed by atoms with Crippen LogP contribution in [0.2, 0.25) is 0 Å². The summed E-state index contributed by atoms with van der Waals surface area (Å²) < 4.78 is 38.1. The lowest BCUT2D eigenvalue weighted by Crippen LogP contribution is -2.13. The number of alkyl halides is 3. The van der Waals surface area contributed by atoms with Crippen LogP contribution in [0, 0.1) is 0 Å². The van der Waals surface area contributed by atoms with Crippen LogP contribution in [0.1, 0.15) is 17.5 Å². The molecule has 0 bridgehead atoms. The van der Waals surface area contributed by atoms with Gasteiger partial charge in [-0.25, -0.2) is 15.0 Å². The third-order valence-corrected chi connectivity index (χ3v) is 4.29. The molecule has 0 spiro atoms. The van der Waals surface area contributed by atoms with Crippen molar-refractivity contribution in [2.24, 2.45) is 0 Å². The first-order valence-electron chi connectivity index (χ1n) is 8.25. The van der Waals surface area contributed by atoms with E-state index in [0.29, 0.717) is 22.8 Å².